The molecule has 0 N–H and O–H groups in total. The summed E-state index contributed by atoms with van der Waals surface area (Å²) >= 11 is -0.826. The summed E-state index contributed by atoms with van der Waals surface area (Å²) in [7, 11) is 9.87. The summed E-state index contributed by atoms with van der Waals surface area (Å²) in [5.74, 6) is 0. The van der Waals surface area contributed by atoms with Crippen molar-refractivity contribution in [3.05, 3.63) is 98.8 Å². The standard InChI is InChI=1S/2C11H11.2CH3.2ClH.Si.Zr/c2*1-2-9-7-10-5-3-4-6-11(10)8-9;;;;;;/h2*3-8H,2H2,1H3;2*1H3;2*1H;;/q4*-1;;;;+2/p-2. The molecule has 0 unspecified atom stereocenters. The van der Waals surface area contributed by atoms with E-state index in [9.17, 15) is 0 Å². The summed E-state index contributed by atoms with van der Waals surface area (Å²) in [6.07, 6.45) is 2.27. The van der Waals surface area contributed by atoms with Crippen molar-refractivity contribution in [2.24, 2.45) is 0 Å². The van der Waals surface area contributed by atoms with Gasteiger partial charge in [-0.15, -0.1) is 81.2 Å². The van der Waals surface area contributed by atoms with Crippen LogP contribution in [0.2, 0.25) is 0 Å². The Hall–Kier alpha value is -0.660. The molecule has 0 atom stereocenters. The Morgan fingerprint density at radius 2 is 1.04 bits per heavy atom. The van der Waals surface area contributed by atoms with Gasteiger partial charge in [0.25, 0.3) is 0 Å². The predicted molar refractivity (Wildman–Crippen MR) is 128 cm³/mol. The molecule has 0 aliphatic heterocycles. The topological polar surface area (TPSA) is 0 Å². The van der Waals surface area contributed by atoms with E-state index in [1.165, 1.54) is 32.7 Å². The molecule has 4 aromatic carbocycles. The Morgan fingerprint density at radius 1 is 0.714 bits per heavy atom. The van der Waals surface area contributed by atoms with E-state index in [-0.39, 0.29) is 25.8 Å². The summed E-state index contributed by atoms with van der Waals surface area (Å²) < 4.78 is 0. The Morgan fingerprint density at radius 3 is 1.32 bits per heavy atom. The van der Waals surface area contributed by atoms with Crippen LogP contribution in [-0.2, 0) is 33.7 Å². The molecule has 0 aromatic heterocycles. The minimum atomic E-state index is -0.826. The minimum Gasteiger partial charge on any atom is 0 e. The van der Waals surface area contributed by atoms with Crippen molar-refractivity contribution < 1.29 is 20.8 Å². The van der Waals surface area contributed by atoms with E-state index < -0.39 is 20.8 Å². The van der Waals surface area contributed by atoms with Crippen LogP contribution in [0.15, 0.2) is 72.8 Å². The van der Waals surface area contributed by atoms with Crippen LogP contribution in [0.25, 0.3) is 21.5 Å². The molecule has 28 heavy (non-hydrogen) atoms. The zero-order valence-corrected chi connectivity index (χ0v) is 22.1. The summed E-state index contributed by atoms with van der Waals surface area (Å²) in [6, 6.07) is 26.0. The van der Waals surface area contributed by atoms with Gasteiger partial charge in [0.15, 0.2) is 0 Å². The maximum Gasteiger partial charge on any atom is 0 e. The SMILES string of the molecule is CCc1cc2ccccc2[cH-]1.CCc1cc2ccccc2[cH-]1.[CH3-].[CH3-].[Cl][Zr][Cl].[Si]. The molecule has 0 aliphatic rings. The van der Waals surface area contributed by atoms with Gasteiger partial charge in [-0.05, 0) is 12.8 Å². The van der Waals surface area contributed by atoms with Gasteiger partial charge in [0.2, 0.25) is 0 Å². The fourth-order valence-electron chi connectivity index (χ4n) is 2.84. The Bertz CT molecular complexity index is 756. The van der Waals surface area contributed by atoms with Crippen LogP contribution in [0.4, 0.5) is 0 Å². The van der Waals surface area contributed by atoms with Gasteiger partial charge in [-0.2, -0.15) is 12.1 Å². The first kappa shape index (κ1) is 29.5. The fourth-order valence-corrected chi connectivity index (χ4v) is 2.84. The van der Waals surface area contributed by atoms with Crippen LogP contribution in [0.1, 0.15) is 25.0 Å². The molecule has 0 bridgehead atoms. The molecule has 0 aliphatic carbocycles. The molecule has 150 valence electrons. The number of aryl methyl sites for hydroxylation is 2. The van der Waals surface area contributed by atoms with E-state index in [4.69, 9.17) is 17.0 Å². The largest absolute Gasteiger partial charge is 0 e. The molecule has 4 aromatic rings. The van der Waals surface area contributed by atoms with Gasteiger partial charge in [-0.25, -0.2) is 0 Å². The second-order valence-electron chi connectivity index (χ2n) is 5.76. The van der Waals surface area contributed by atoms with Crippen molar-refractivity contribution >= 4 is 49.5 Å². The normalized spacial score (nSPS) is 8.86. The summed E-state index contributed by atoms with van der Waals surface area (Å²) in [5, 5.41) is 5.46. The number of benzene rings is 2. The molecule has 4 heteroatoms. The van der Waals surface area contributed by atoms with Crippen molar-refractivity contribution in [1.82, 2.24) is 0 Å². The van der Waals surface area contributed by atoms with E-state index in [1.54, 1.807) is 0 Å². The van der Waals surface area contributed by atoms with Crippen molar-refractivity contribution in [2.75, 3.05) is 0 Å². The van der Waals surface area contributed by atoms with Gasteiger partial charge >= 0.3 is 37.9 Å². The number of hydrogen-bond donors (Lipinski definition) is 0. The van der Waals surface area contributed by atoms with E-state index in [0.29, 0.717) is 0 Å². The zero-order chi connectivity index (χ0) is 18.1. The van der Waals surface area contributed by atoms with E-state index in [2.05, 4.69) is 86.6 Å². The molecule has 0 saturated heterocycles. The third-order valence-corrected chi connectivity index (χ3v) is 4.17. The van der Waals surface area contributed by atoms with Crippen LogP contribution in [0.3, 0.4) is 0 Å². The smallest absolute Gasteiger partial charge is 0 e. The summed E-state index contributed by atoms with van der Waals surface area (Å²) in [4.78, 5) is 0. The first-order chi connectivity index (χ1) is 12.2. The molecule has 0 nitrogen and oxygen atoms in total. The molecule has 4 radical (unpaired) electrons. The predicted octanol–water partition coefficient (Wildman–Crippen LogP) is 8.14. The van der Waals surface area contributed by atoms with Gasteiger partial charge in [0.1, 0.15) is 0 Å². The Balaban J connectivity index is 0. The summed E-state index contributed by atoms with van der Waals surface area (Å²) in [5.41, 5.74) is 2.87. The number of hydrogen-bond acceptors (Lipinski definition) is 0. The molecule has 0 saturated carbocycles. The van der Waals surface area contributed by atoms with Crippen LogP contribution < -0.4 is 0 Å². The van der Waals surface area contributed by atoms with Gasteiger partial charge in [-0.3, -0.25) is 0 Å². The second kappa shape index (κ2) is 16.2. The van der Waals surface area contributed by atoms with Crippen LogP contribution in [0.5, 0.6) is 0 Å². The number of rotatable bonds is 2. The molecule has 0 fully saturated rings. The first-order valence-electron chi connectivity index (χ1n) is 8.46. The van der Waals surface area contributed by atoms with Crippen molar-refractivity contribution in [3.8, 4) is 0 Å². The van der Waals surface area contributed by atoms with E-state index >= 15 is 0 Å². The second-order valence-corrected chi connectivity index (χ2v) is 9.50. The Labute approximate surface area is 194 Å². The maximum atomic E-state index is 4.93. The fraction of sp³-hybridized carbons (Fsp3) is 0.167. The molecular formula is C24H28Cl2SiZr-4. The van der Waals surface area contributed by atoms with Crippen molar-refractivity contribution in [1.29, 1.82) is 0 Å². The zero-order valence-electron chi connectivity index (χ0n) is 17.1. The third-order valence-electron chi connectivity index (χ3n) is 4.17. The quantitative estimate of drug-likeness (QED) is 0.190. The van der Waals surface area contributed by atoms with Crippen molar-refractivity contribution in [3.63, 3.8) is 0 Å². The first-order valence-corrected chi connectivity index (χ1v) is 14.8. The molecule has 4 rings (SSSR count). The summed E-state index contributed by atoms with van der Waals surface area (Å²) in [6.45, 7) is 4.38. The molecule has 0 spiro atoms. The van der Waals surface area contributed by atoms with Gasteiger partial charge in [-0.1, -0.05) is 26.0 Å². The molecular weight excluding hydrogens is 478 g/mol. The molecule has 0 heterocycles. The molecule has 0 amide bonds. The van der Waals surface area contributed by atoms with Crippen LogP contribution in [0, 0.1) is 14.9 Å². The maximum absolute atomic E-state index is 4.93. The third kappa shape index (κ3) is 8.78. The van der Waals surface area contributed by atoms with E-state index in [1.807, 2.05) is 0 Å². The average Bonchev–Trinajstić information content (AvgIpc) is 3.26. The van der Waals surface area contributed by atoms with Gasteiger partial charge in [0, 0.05) is 11.0 Å². The van der Waals surface area contributed by atoms with Crippen molar-refractivity contribution in [2.45, 2.75) is 26.7 Å². The monoisotopic (exact) mass is 504 g/mol. The minimum absolute atomic E-state index is 0. The average molecular weight is 507 g/mol. The van der Waals surface area contributed by atoms with E-state index in [0.717, 1.165) is 12.8 Å². The number of fused-ring (bicyclic) bond motifs is 2. The Kier molecular flexibility index (Phi) is 17.1. The number of halogens is 2. The van der Waals surface area contributed by atoms with Gasteiger partial charge in [0.05, 0.1) is 0 Å². The van der Waals surface area contributed by atoms with Crippen LogP contribution >= 0.6 is 17.0 Å². The van der Waals surface area contributed by atoms with Gasteiger partial charge < -0.3 is 14.9 Å². The van der Waals surface area contributed by atoms with Crippen LogP contribution in [-0.4, -0.2) is 11.0 Å².